The third-order valence-corrected chi connectivity index (χ3v) is 3.06. The summed E-state index contributed by atoms with van der Waals surface area (Å²) < 4.78 is 45.2. The van der Waals surface area contributed by atoms with Crippen LogP contribution in [0.3, 0.4) is 0 Å². The smallest absolute Gasteiger partial charge is 0.411 e. The Morgan fingerprint density at radius 2 is 1.96 bits per heavy atom. The van der Waals surface area contributed by atoms with Gasteiger partial charge in [0.2, 0.25) is 5.91 Å². The van der Waals surface area contributed by atoms with Gasteiger partial charge in [0.15, 0.2) is 0 Å². The number of carbonyl (C=O) groups is 1. The highest BCUT2D eigenvalue weighted by Crippen LogP contribution is 2.27. The molecule has 0 spiro atoms. The monoisotopic (exact) mass is 373 g/mol. The summed E-state index contributed by atoms with van der Waals surface area (Å²) in [4.78, 5) is 11.4. The first kappa shape index (κ1) is 19.9. The molecule has 0 aliphatic carbocycles. The van der Waals surface area contributed by atoms with E-state index < -0.39 is 12.8 Å². The van der Waals surface area contributed by atoms with Gasteiger partial charge in [-0.15, -0.1) is 0 Å². The molecule has 1 aromatic carbocycles. The van der Waals surface area contributed by atoms with E-state index in [1.165, 1.54) is 0 Å². The van der Waals surface area contributed by atoms with Gasteiger partial charge in [-0.3, -0.25) is 4.79 Å². The van der Waals surface area contributed by atoms with Crippen LogP contribution in [0.15, 0.2) is 18.2 Å². The quantitative estimate of drug-likeness (QED) is 0.668. The van der Waals surface area contributed by atoms with E-state index in [2.05, 4.69) is 10.1 Å². The first-order chi connectivity index (χ1) is 10.8. The van der Waals surface area contributed by atoms with Crippen LogP contribution in [0.4, 0.5) is 13.2 Å². The van der Waals surface area contributed by atoms with Crippen LogP contribution in [0, 0.1) is 0 Å². The summed E-state index contributed by atoms with van der Waals surface area (Å²) >= 11 is 11.7. The predicted molar refractivity (Wildman–Crippen MR) is 81.1 cm³/mol. The SMILES string of the molecule is O=C(CCCOc1ccc(Cl)cc1Cl)NCCOCC(F)(F)F. The minimum absolute atomic E-state index is 0.0266. The molecule has 1 amide bonds. The molecule has 130 valence electrons. The fourth-order valence-corrected chi connectivity index (χ4v) is 2.01. The number of ether oxygens (including phenoxy) is 2. The maximum Gasteiger partial charge on any atom is 0.411 e. The highest BCUT2D eigenvalue weighted by Gasteiger charge is 2.27. The molecule has 0 aliphatic rings. The number of hydrogen-bond donors (Lipinski definition) is 1. The molecule has 0 aromatic heterocycles. The summed E-state index contributed by atoms with van der Waals surface area (Å²) in [7, 11) is 0. The Morgan fingerprint density at radius 3 is 2.61 bits per heavy atom. The Morgan fingerprint density at radius 1 is 1.22 bits per heavy atom. The lowest BCUT2D eigenvalue weighted by atomic mass is 10.3. The molecule has 9 heteroatoms. The number of benzene rings is 1. The fraction of sp³-hybridized carbons (Fsp3) is 0.500. The van der Waals surface area contributed by atoms with Crippen molar-refractivity contribution >= 4 is 29.1 Å². The van der Waals surface area contributed by atoms with Crippen LogP contribution in [-0.4, -0.2) is 38.4 Å². The van der Waals surface area contributed by atoms with E-state index in [0.29, 0.717) is 22.2 Å². The Bertz CT molecular complexity index is 513. The highest BCUT2D eigenvalue weighted by atomic mass is 35.5. The molecule has 1 aromatic rings. The van der Waals surface area contributed by atoms with Gasteiger partial charge in [-0.2, -0.15) is 13.2 Å². The normalized spacial score (nSPS) is 11.3. The van der Waals surface area contributed by atoms with E-state index in [4.69, 9.17) is 27.9 Å². The van der Waals surface area contributed by atoms with Crippen molar-refractivity contribution in [3.63, 3.8) is 0 Å². The molecule has 0 saturated carbocycles. The van der Waals surface area contributed by atoms with Crippen molar-refractivity contribution in [3.05, 3.63) is 28.2 Å². The van der Waals surface area contributed by atoms with E-state index in [9.17, 15) is 18.0 Å². The average molecular weight is 374 g/mol. The number of amides is 1. The minimum atomic E-state index is -4.36. The second-order valence-electron chi connectivity index (χ2n) is 4.54. The number of nitrogens with one attached hydrogen (secondary N) is 1. The van der Waals surface area contributed by atoms with Crippen molar-refractivity contribution in [3.8, 4) is 5.75 Å². The molecular formula is C14H16Cl2F3NO3. The molecule has 0 heterocycles. The van der Waals surface area contributed by atoms with Crippen molar-refractivity contribution in [2.75, 3.05) is 26.4 Å². The van der Waals surface area contributed by atoms with Crippen molar-refractivity contribution in [1.29, 1.82) is 0 Å². The lowest BCUT2D eigenvalue weighted by molar-refractivity contribution is -0.173. The van der Waals surface area contributed by atoms with Gasteiger partial charge in [0.05, 0.1) is 18.2 Å². The standard InChI is InChI=1S/C14H16Cl2F3NO3/c15-10-3-4-12(11(16)8-10)23-6-1-2-13(21)20-5-7-22-9-14(17,18)19/h3-4,8H,1-2,5-7,9H2,(H,20,21). The predicted octanol–water partition coefficient (Wildman–Crippen LogP) is 3.85. The van der Waals surface area contributed by atoms with Crippen LogP contribution < -0.4 is 10.1 Å². The van der Waals surface area contributed by atoms with Gasteiger partial charge in [0.1, 0.15) is 12.4 Å². The summed E-state index contributed by atoms with van der Waals surface area (Å²) in [6, 6.07) is 4.81. The van der Waals surface area contributed by atoms with Crippen molar-refractivity contribution in [1.82, 2.24) is 5.32 Å². The minimum Gasteiger partial charge on any atom is -0.492 e. The van der Waals surface area contributed by atoms with Crippen LogP contribution in [0.5, 0.6) is 5.75 Å². The fourth-order valence-electron chi connectivity index (χ4n) is 1.55. The number of halogens is 5. The maximum atomic E-state index is 11.8. The first-order valence-corrected chi connectivity index (χ1v) is 7.52. The van der Waals surface area contributed by atoms with E-state index in [-0.39, 0.29) is 32.1 Å². The summed E-state index contributed by atoms with van der Waals surface area (Å²) in [5, 5.41) is 3.33. The molecule has 0 saturated heterocycles. The number of carbonyl (C=O) groups excluding carboxylic acids is 1. The molecule has 0 atom stereocenters. The number of hydrogen-bond acceptors (Lipinski definition) is 3. The van der Waals surface area contributed by atoms with Gasteiger partial charge in [-0.1, -0.05) is 23.2 Å². The van der Waals surface area contributed by atoms with Crippen LogP contribution in [0.2, 0.25) is 10.0 Å². The second kappa shape index (κ2) is 9.85. The molecule has 1 rings (SSSR count). The third kappa shape index (κ3) is 9.53. The Kier molecular flexibility index (Phi) is 8.51. The number of alkyl halides is 3. The number of rotatable bonds is 9. The van der Waals surface area contributed by atoms with Gasteiger partial charge in [-0.05, 0) is 24.6 Å². The van der Waals surface area contributed by atoms with Crippen molar-refractivity contribution in [2.45, 2.75) is 19.0 Å². The summed E-state index contributed by atoms with van der Waals surface area (Å²) in [6.45, 7) is -1.21. The maximum absolute atomic E-state index is 11.8. The molecule has 4 nitrogen and oxygen atoms in total. The van der Waals surface area contributed by atoms with Crippen molar-refractivity contribution < 1.29 is 27.4 Å². The zero-order chi connectivity index (χ0) is 17.3. The Labute approximate surface area is 141 Å². The largest absolute Gasteiger partial charge is 0.492 e. The lowest BCUT2D eigenvalue weighted by Gasteiger charge is -2.09. The van der Waals surface area contributed by atoms with Crippen LogP contribution in [-0.2, 0) is 9.53 Å². The average Bonchev–Trinajstić information content (AvgIpc) is 2.44. The second-order valence-corrected chi connectivity index (χ2v) is 5.39. The van der Waals surface area contributed by atoms with Crippen LogP contribution >= 0.6 is 23.2 Å². The van der Waals surface area contributed by atoms with E-state index >= 15 is 0 Å². The lowest BCUT2D eigenvalue weighted by Crippen LogP contribution is -2.28. The molecule has 0 aliphatic heterocycles. The molecule has 0 bridgehead atoms. The van der Waals surface area contributed by atoms with Gasteiger partial charge < -0.3 is 14.8 Å². The van der Waals surface area contributed by atoms with Gasteiger partial charge in [-0.25, -0.2) is 0 Å². The first-order valence-electron chi connectivity index (χ1n) is 6.77. The topological polar surface area (TPSA) is 47.6 Å². The zero-order valence-corrected chi connectivity index (χ0v) is 13.6. The summed E-state index contributed by atoms with van der Waals surface area (Å²) in [5.41, 5.74) is 0. The molecule has 0 fully saturated rings. The zero-order valence-electron chi connectivity index (χ0n) is 12.1. The highest BCUT2D eigenvalue weighted by molar-refractivity contribution is 6.35. The Balaban J connectivity index is 2.08. The third-order valence-electron chi connectivity index (χ3n) is 2.53. The van der Waals surface area contributed by atoms with Crippen molar-refractivity contribution in [2.24, 2.45) is 0 Å². The van der Waals surface area contributed by atoms with Gasteiger partial charge >= 0.3 is 6.18 Å². The molecule has 0 radical (unpaired) electrons. The molecular weight excluding hydrogens is 358 g/mol. The van der Waals surface area contributed by atoms with Crippen LogP contribution in [0.25, 0.3) is 0 Å². The van der Waals surface area contributed by atoms with Gasteiger partial charge in [0, 0.05) is 18.0 Å². The summed E-state index contributed by atoms with van der Waals surface area (Å²) in [5.74, 6) is 0.184. The summed E-state index contributed by atoms with van der Waals surface area (Å²) in [6.07, 6.45) is -3.73. The molecule has 0 unspecified atom stereocenters. The molecule has 23 heavy (non-hydrogen) atoms. The van der Waals surface area contributed by atoms with E-state index in [1.807, 2.05) is 0 Å². The molecule has 1 N–H and O–H groups in total. The Hall–Kier alpha value is -1.18. The van der Waals surface area contributed by atoms with E-state index in [0.717, 1.165) is 0 Å². The van der Waals surface area contributed by atoms with E-state index in [1.54, 1.807) is 18.2 Å². The van der Waals surface area contributed by atoms with Gasteiger partial charge in [0.25, 0.3) is 0 Å². The van der Waals surface area contributed by atoms with Crippen LogP contribution in [0.1, 0.15) is 12.8 Å².